The van der Waals surface area contributed by atoms with Crippen molar-refractivity contribution < 1.29 is 9.50 Å². The fourth-order valence-electron chi connectivity index (χ4n) is 2.14. The van der Waals surface area contributed by atoms with E-state index >= 15 is 0 Å². The van der Waals surface area contributed by atoms with Crippen molar-refractivity contribution in [2.75, 3.05) is 0 Å². The van der Waals surface area contributed by atoms with Gasteiger partial charge in [0, 0.05) is 17.8 Å². The van der Waals surface area contributed by atoms with Gasteiger partial charge in [0.1, 0.15) is 17.2 Å². The standard InChI is InChI=1S/C15H11FN2O2/c16-12-6-2-1-4-10(12)9-18-14(20)8-13(19)11-5-3-7-17-15(11)18/h1-8,19H,9H2. The summed E-state index contributed by atoms with van der Waals surface area (Å²) in [6, 6.07) is 10.7. The van der Waals surface area contributed by atoms with E-state index in [-0.39, 0.29) is 18.1 Å². The van der Waals surface area contributed by atoms with Gasteiger partial charge in [-0.15, -0.1) is 0 Å². The van der Waals surface area contributed by atoms with E-state index in [2.05, 4.69) is 4.98 Å². The molecule has 5 heteroatoms. The molecule has 3 rings (SSSR count). The lowest BCUT2D eigenvalue weighted by Crippen LogP contribution is -2.21. The van der Waals surface area contributed by atoms with E-state index in [1.165, 1.54) is 16.8 Å². The summed E-state index contributed by atoms with van der Waals surface area (Å²) in [7, 11) is 0. The normalized spacial score (nSPS) is 10.8. The molecule has 0 amide bonds. The first-order valence-corrected chi connectivity index (χ1v) is 6.08. The molecule has 0 saturated carbocycles. The highest BCUT2D eigenvalue weighted by Crippen LogP contribution is 2.21. The van der Waals surface area contributed by atoms with Crippen LogP contribution < -0.4 is 5.56 Å². The van der Waals surface area contributed by atoms with Crippen molar-refractivity contribution in [2.45, 2.75) is 6.54 Å². The van der Waals surface area contributed by atoms with E-state index < -0.39 is 5.56 Å². The molecule has 0 saturated heterocycles. The molecule has 100 valence electrons. The molecule has 0 unspecified atom stereocenters. The number of benzene rings is 1. The van der Waals surface area contributed by atoms with Gasteiger partial charge >= 0.3 is 0 Å². The van der Waals surface area contributed by atoms with Crippen LogP contribution in [0, 0.1) is 5.82 Å². The number of nitrogens with zero attached hydrogens (tertiary/aromatic N) is 2. The Labute approximate surface area is 113 Å². The highest BCUT2D eigenvalue weighted by Gasteiger charge is 2.10. The second-order valence-corrected chi connectivity index (χ2v) is 4.42. The van der Waals surface area contributed by atoms with Gasteiger partial charge in [-0.3, -0.25) is 9.36 Å². The molecular formula is C15H11FN2O2. The van der Waals surface area contributed by atoms with Crippen LogP contribution in [-0.2, 0) is 6.54 Å². The monoisotopic (exact) mass is 270 g/mol. The molecule has 2 heterocycles. The van der Waals surface area contributed by atoms with Crippen molar-refractivity contribution in [1.29, 1.82) is 0 Å². The molecule has 1 aromatic carbocycles. The Hall–Kier alpha value is -2.69. The average molecular weight is 270 g/mol. The minimum Gasteiger partial charge on any atom is -0.507 e. The molecule has 0 aliphatic heterocycles. The zero-order valence-electron chi connectivity index (χ0n) is 10.5. The number of fused-ring (bicyclic) bond motifs is 1. The summed E-state index contributed by atoms with van der Waals surface area (Å²) in [6.07, 6.45) is 1.53. The summed E-state index contributed by atoms with van der Waals surface area (Å²) in [5.74, 6) is -0.501. The van der Waals surface area contributed by atoms with E-state index in [0.717, 1.165) is 6.07 Å². The Kier molecular flexibility index (Phi) is 2.95. The van der Waals surface area contributed by atoms with Crippen LogP contribution in [0.15, 0.2) is 53.5 Å². The van der Waals surface area contributed by atoms with Crippen molar-refractivity contribution in [3.8, 4) is 5.75 Å². The third-order valence-corrected chi connectivity index (χ3v) is 3.13. The van der Waals surface area contributed by atoms with Crippen LogP contribution in [0.2, 0.25) is 0 Å². The van der Waals surface area contributed by atoms with Crippen molar-refractivity contribution in [3.05, 3.63) is 70.4 Å². The van der Waals surface area contributed by atoms with Crippen LogP contribution in [0.3, 0.4) is 0 Å². The summed E-state index contributed by atoms with van der Waals surface area (Å²) in [6.45, 7) is 0.0687. The molecule has 0 aliphatic rings. The molecular weight excluding hydrogens is 259 g/mol. The van der Waals surface area contributed by atoms with Gasteiger partial charge < -0.3 is 5.11 Å². The molecule has 3 aromatic rings. The lowest BCUT2D eigenvalue weighted by atomic mass is 10.2. The van der Waals surface area contributed by atoms with Crippen molar-refractivity contribution in [3.63, 3.8) is 0 Å². The summed E-state index contributed by atoms with van der Waals surface area (Å²) in [5.41, 5.74) is 0.310. The molecule has 0 fully saturated rings. The van der Waals surface area contributed by atoms with Crippen LogP contribution in [0.5, 0.6) is 5.75 Å². The van der Waals surface area contributed by atoms with Crippen LogP contribution in [0.25, 0.3) is 11.0 Å². The van der Waals surface area contributed by atoms with Crippen molar-refractivity contribution >= 4 is 11.0 Å². The fourth-order valence-corrected chi connectivity index (χ4v) is 2.14. The smallest absolute Gasteiger partial charge is 0.256 e. The van der Waals surface area contributed by atoms with Crippen molar-refractivity contribution in [1.82, 2.24) is 9.55 Å². The first-order chi connectivity index (χ1) is 9.66. The molecule has 2 aromatic heterocycles. The lowest BCUT2D eigenvalue weighted by molar-refractivity contribution is 0.478. The van der Waals surface area contributed by atoms with Gasteiger partial charge in [-0.25, -0.2) is 9.37 Å². The zero-order valence-corrected chi connectivity index (χ0v) is 10.5. The third-order valence-electron chi connectivity index (χ3n) is 3.13. The number of aromatic hydroxyl groups is 1. The fraction of sp³-hybridized carbons (Fsp3) is 0.0667. The molecule has 4 nitrogen and oxygen atoms in total. The number of halogens is 1. The Morgan fingerprint density at radius 3 is 2.80 bits per heavy atom. The van der Waals surface area contributed by atoms with Gasteiger partial charge in [0.15, 0.2) is 0 Å². The number of pyridine rings is 2. The van der Waals surface area contributed by atoms with E-state index in [9.17, 15) is 14.3 Å². The maximum absolute atomic E-state index is 13.7. The van der Waals surface area contributed by atoms with Gasteiger partial charge in [-0.1, -0.05) is 18.2 Å². The molecule has 1 N–H and O–H groups in total. The van der Waals surface area contributed by atoms with Crippen LogP contribution >= 0.6 is 0 Å². The predicted molar refractivity (Wildman–Crippen MR) is 73.2 cm³/mol. The highest BCUT2D eigenvalue weighted by molar-refractivity contribution is 5.81. The lowest BCUT2D eigenvalue weighted by Gasteiger charge is -2.10. The Bertz CT molecular complexity index is 843. The van der Waals surface area contributed by atoms with E-state index in [4.69, 9.17) is 0 Å². The maximum atomic E-state index is 13.7. The van der Waals surface area contributed by atoms with E-state index in [1.807, 2.05) is 0 Å². The first-order valence-electron chi connectivity index (χ1n) is 6.08. The highest BCUT2D eigenvalue weighted by atomic mass is 19.1. The summed E-state index contributed by atoms with van der Waals surface area (Å²) in [4.78, 5) is 16.1. The molecule has 20 heavy (non-hydrogen) atoms. The van der Waals surface area contributed by atoms with Gasteiger partial charge in [0.2, 0.25) is 0 Å². The minimum atomic E-state index is -0.419. The van der Waals surface area contributed by atoms with Gasteiger partial charge in [-0.05, 0) is 18.2 Å². The van der Waals surface area contributed by atoms with E-state index in [0.29, 0.717) is 16.6 Å². The Morgan fingerprint density at radius 1 is 1.20 bits per heavy atom. The molecule has 0 spiro atoms. The molecule has 0 atom stereocenters. The largest absolute Gasteiger partial charge is 0.507 e. The second kappa shape index (κ2) is 4.77. The minimum absolute atomic E-state index is 0.0687. The quantitative estimate of drug-likeness (QED) is 0.777. The summed E-state index contributed by atoms with van der Waals surface area (Å²) >= 11 is 0. The van der Waals surface area contributed by atoms with Gasteiger partial charge in [-0.2, -0.15) is 0 Å². The SMILES string of the molecule is O=c1cc(O)c2cccnc2n1Cc1ccccc1F. The van der Waals surface area contributed by atoms with Crippen molar-refractivity contribution in [2.24, 2.45) is 0 Å². The summed E-state index contributed by atoms with van der Waals surface area (Å²) in [5, 5.41) is 10.2. The molecule has 0 aliphatic carbocycles. The number of hydrogen-bond donors (Lipinski definition) is 1. The van der Waals surface area contributed by atoms with Gasteiger partial charge in [0.05, 0.1) is 11.9 Å². The average Bonchev–Trinajstić information content (AvgIpc) is 2.45. The maximum Gasteiger partial charge on any atom is 0.256 e. The third kappa shape index (κ3) is 2.03. The number of aromatic nitrogens is 2. The second-order valence-electron chi connectivity index (χ2n) is 4.42. The van der Waals surface area contributed by atoms with E-state index in [1.54, 1.807) is 30.3 Å². The first kappa shape index (κ1) is 12.3. The number of rotatable bonds is 2. The Balaban J connectivity index is 2.22. The topological polar surface area (TPSA) is 55.1 Å². The molecule has 0 bridgehead atoms. The Morgan fingerprint density at radius 2 is 2.00 bits per heavy atom. The predicted octanol–water partition coefficient (Wildman–Crippen LogP) is 2.29. The molecule has 0 radical (unpaired) electrons. The van der Waals surface area contributed by atoms with Crippen LogP contribution in [-0.4, -0.2) is 14.7 Å². The van der Waals surface area contributed by atoms with Crippen LogP contribution in [0.1, 0.15) is 5.56 Å². The summed E-state index contributed by atoms with van der Waals surface area (Å²) < 4.78 is 15.0. The van der Waals surface area contributed by atoms with Gasteiger partial charge in [0.25, 0.3) is 5.56 Å². The van der Waals surface area contributed by atoms with Crippen LogP contribution in [0.4, 0.5) is 4.39 Å². The zero-order chi connectivity index (χ0) is 14.1. The number of hydrogen-bond acceptors (Lipinski definition) is 3.